The molecule has 0 bridgehead atoms. The minimum Gasteiger partial charge on any atom is -0.483 e. The summed E-state index contributed by atoms with van der Waals surface area (Å²) in [6, 6.07) is 5.95. The van der Waals surface area contributed by atoms with E-state index in [2.05, 4.69) is 24.1 Å². The maximum atomic E-state index is 11.9. The lowest BCUT2D eigenvalue weighted by Gasteiger charge is -2.14. The van der Waals surface area contributed by atoms with E-state index in [1.54, 1.807) is 0 Å². The average Bonchev–Trinajstić information content (AvgIpc) is 3.00. The summed E-state index contributed by atoms with van der Waals surface area (Å²) in [5, 5.41) is 13.5. The van der Waals surface area contributed by atoms with Crippen molar-refractivity contribution in [2.45, 2.75) is 33.2 Å². The molecular weight excluding hydrogens is 328 g/mol. The van der Waals surface area contributed by atoms with E-state index in [4.69, 9.17) is 9.84 Å². The van der Waals surface area contributed by atoms with Gasteiger partial charge in [0.05, 0.1) is 6.54 Å². The number of nitrogens with one attached hydrogen (secondary N) is 1. The molecule has 0 radical (unpaired) electrons. The number of thiazole rings is 1. The summed E-state index contributed by atoms with van der Waals surface area (Å²) < 4.78 is 5.65. The third kappa shape index (κ3) is 4.79. The average molecular weight is 348 g/mol. The molecule has 0 aliphatic rings. The van der Waals surface area contributed by atoms with Gasteiger partial charge in [-0.15, -0.1) is 11.3 Å². The summed E-state index contributed by atoms with van der Waals surface area (Å²) in [7, 11) is 0. The topological polar surface area (TPSA) is 88.5 Å². The lowest BCUT2D eigenvalue weighted by atomic mass is 10.0. The van der Waals surface area contributed by atoms with E-state index in [9.17, 15) is 9.59 Å². The molecular formula is C17H20N2O4S. The molecule has 128 valence electrons. The molecule has 0 atom stereocenters. The van der Waals surface area contributed by atoms with Crippen LogP contribution in [0.1, 0.15) is 46.4 Å². The SMILES string of the molecule is Cc1ccc(C(C)C)c(OCC(=O)NCc2nc(C(=O)O)cs2)c1. The Morgan fingerprint density at radius 2 is 2.12 bits per heavy atom. The van der Waals surface area contributed by atoms with Crippen molar-refractivity contribution in [2.75, 3.05) is 6.61 Å². The summed E-state index contributed by atoms with van der Waals surface area (Å²) >= 11 is 1.20. The summed E-state index contributed by atoms with van der Waals surface area (Å²) in [5.41, 5.74) is 2.11. The molecule has 24 heavy (non-hydrogen) atoms. The summed E-state index contributed by atoms with van der Waals surface area (Å²) in [5.74, 6) is -0.345. The first-order valence-corrected chi connectivity index (χ1v) is 8.42. The van der Waals surface area contributed by atoms with Crippen LogP contribution in [0.2, 0.25) is 0 Å². The first-order valence-electron chi connectivity index (χ1n) is 7.54. The molecule has 1 amide bonds. The minimum atomic E-state index is -1.08. The maximum Gasteiger partial charge on any atom is 0.355 e. The van der Waals surface area contributed by atoms with Gasteiger partial charge in [-0.2, -0.15) is 0 Å². The number of carboxylic acid groups (broad SMARTS) is 1. The quantitative estimate of drug-likeness (QED) is 0.803. The zero-order valence-corrected chi connectivity index (χ0v) is 14.6. The molecule has 2 aromatic rings. The Morgan fingerprint density at radius 1 is 1.38 bits per heavy atom. The number of carbonyl (C=O) groups is 2. The summed E-state index contributed by atoms with van der Waals surface area (Å²) in [4.78, 5) is 26.6. The van der Waals surface area contributed by atoms with Crippen LogP contribution in [0.5, 0.6) is 5.75 Å². The molecule has 1 aromatic carbocycles. The molecule has 0 unspecified atom stereocenters. The number of carboxylic acids is 1. The van der Waals surface area contributed by atoms with Gasteiger partial charge < -0.3 is 15.2 Å². The monoisotopic (exact) mass is 348 g/mol. The first-order chi connectivity index (χ1) is 11.4. The van der Waals surface area contributed by atoms with Gasteiger partial charge in [-0.1, -0.05) is 26.0 Å². The highest BCUT2D eigenvalue weighted by molar-refractivity contribution is 7.09. The largest absolute Gasteiger partial charge is 0.483 e. The Balaban J connectivity index is 1.89. The number of rotatable bonds is 7. The molecule has 1 heterocycles. The predicted octanol–water partition coefficient (Wildman–Crippen LogP) is 2.97. The van der Waals surface area contributed by atoms with Crippen molar-refractivity contribution >= 4 is 23.2 Å². The second-order valence-electron chi connectivity index (χ2n) is 5.69. The molecule has 0 saturated heterocycles. The highest BCUT2D eigenvalue weighted by atomic mass is 32.1. The van der Waals surface area contributed by atoms with Crippen LogP contribution in [-0.4, -0.2) is 28.6 Å². The highest BCUT2D eigenvalue weighted by Crippen LogP contribution is 2.27. The van der Waals surface area contributed by atoms with Gasteiger partial charge in [-0.25, -0.2) is 9.78 Å². The van der Waals surface area contributed by atoms with Gasteiger partial charge in [0.25, 0.3) is 5.91 Å². The smallest absolute Gasteiger partial charge is 0.355 e. The molecule has 7 heteroatoms. The van der Waals surface area contributed by atoms with Crippen LogP contribution in [-0.2, 0) is 11.3 Å². The lowest BCUT2D eigenvalue weighted by molar-refractivity contribution is -0.123. The van der Waals surface area contributed by atoms with Crippen LogP contribution in [0.3, 0.4) is 0 Å². The number of hydrogen-bond acceptors (Lipinski definition) is 5. The Hall–Kier alpha value is -2.41. The number of aromatic nitrogens is 1. The molecule has 2 N–H and O–H groups in total. The van der Waals surface area contributed by atoms with E-state index in [0.29, 0.717) is 16.7 Å². The van der Waals surface area contributed by atoms with Crippen molar-refractivity contribution in [1.82, 2.24) is 10.3 Å². The van der Waals surface area contributed by atoms with Gasteiger partial charge in [0.1, 0.15) is 10.8 Å². The van der Waals surface area contributed by atoms with E-state index in [1.165, 1.54) is 16.7 Å². The molecule has 6 nitrogen and oxygen atoms in total. The van der Waals surface area contributed by atoms with Crippen molar-refractivity contribution in [1.29, 1.82) is 0 Å². The number of amides is 1. The van der Waals surface area contributed by atoms with Crippen LogP contribution >= 0.6 is 11.3 Å². The van der Waals surface area contributed by atoms with Crippen molar-refractivity contribution in [3.8, 4) is 5.75 Å². The maximum absolute atomic E-state index is 11.9. The third-order valence-corrected chi connectivity index (χ3v) is 4.21. The minimum absolute atomic E-state index is 0.0122. The Morgan fingerprint density at radius 3 is 2.75 bits per heavy atom. The second kappa shape index (κ2) is 7.92. The summed E-state index contributed by atoms with van der Waals surface area (Å²) in [6.45, 7) is 6.20. The highest BCUT2D eigenvalue weighted by Gasteiger charge is 2.12. The number of aromatic carboxylic acids is 1. The van der Waals surface area contributed by atoms with Gasteiger partial charge in [-0.05, 0) is 30.0 Å². The van der Waals surface area contributed by atoms with Crippen molar-refractivity contribution in [3.63, 3.8) is 0 Å². The van der Waals surface area contributed by atoms with Crippen LogP contribution in [0.4, 0.5) is 0 Å². The normalized spacial score (nSPS) is 10.7. The number of aryl methyl sites for hydroxylation is 1. The fraction of sp³-hybridized carbons (Fsp3) is 0.353. The molecule has 2 rings (SSSR count). The second-order valence-corrected chi connectivity index (χ2v) is 6.64. The molecule has 0 spiro atoms. The van der Waals surface area contributed by atoms with Crippen molar-refractivity contribution in [3.05, 3.63) is 45.4 Å². The van der Waals surface area contributed by atoms with E-state index in [1.807, 2.05) is 25.1 Å². The van der Waals surface area contributed by atoms with Gasteiger partial charge >= 0.3 is 5.97 Å². The van der Waals surface area contributed by atoms with Gasteiger partial charge in [0.2, 0.25) is 0 Å². The van der Waals surface area contributed by atoms with E-state index < -0.39 is 5.97 Å². The zero-order chi connectivity index (χ0) is 17.7. The number of ether oxygens (including phenoxy) is 1. The van der Waals surface area contributed by atoms with Gasteiger partial charge in [0, 0.05) is 5.38 Å². The standard InChI is InChI=1S/C17H20N2O4S/c1-10(2)12-5-4-11(3)6-14(12)23-8-15(20)18-7-16-19-13(9-24-16)17(21)22/h4-6,9-10H,7-8H2,1-3H3,(H,18,20)(H,21,22). The summed E-state index contributed by atoms with van der Waals surface area (Å²) in [6.07, 6.45) is 0. The first kappa shape index (κ1) is 17.9. The van der Waals surface area contributed by atoms with Gasteiger partial charge in [0.15, 0.2) is 12.3 Å². The van der Waals surface area contributed by atoms with Crippen molar-refractivity contribution in [2.24, 2.45) is 0 Å². The van der Waals surface area contributed by atoms with Crippen LogP contribution in [0.15, 0.2) is 23.6 Å². The number of hydrogen-bond donors (Lipinski definition) is 2. The van der Waals surface area contributed by atoms with Crippen LogP contribution in [0.25, 0.3) is 0 Å². The number of carbonyl (C=O) groups excluding carboxylic acids is 1. The van der Waals surface area contributed by atoms with Crippen LogP contribution < -0.4 is 10.1 Å². The fourth-order valence-corrected chi connectivity index (χ4v) is 2.81. The van der Waals surface area contributed by atoms with Crippen LogP contribution in [0, 0.1) is 6.92 Å². The Labute approximate surface area is 144 Å². The predicted molar refractivity (Wildman–Crippen MR) is 91.7 cm³/mol. The molecule has 1 aromatic heterocycles. The lowest BCUT2D eigenvalue weighted by Crippen LogP contribution is -2.28. The van der Waals surface area contributed by atoms with E-state index >= 15 is 0 Å². The third-order valence-electron chi connectivity index (χ3n) is 3.36. The molecule has 0 saturated carbocycles. The zero-order valence-electron chi connectivity index (χ0n) is 13.8. The Kier molecular flexibility index (Phi) is 5.92. The molecule has 0 aliphatic carbocycles. The van der Waals surface area contributed by atoms with E-state index in [0.717, 1.165) is 11.1 Å². The fourth-order valence-electron chi connectivity index (χ4n) is 2.10. The van der Waals surface area contributed by atoms with E-state index in [-0.39, 0.29) is 24.8 Å². The van der Waals surface area contributed by atoms with Gasteiger partial charge in [-0.3, -0.25) is 4.79 Å². The van der Waals surface area contributed by atoms with Crippen molar-refractivity contribution < 1.29 is 19.4 Å². The molecule has 0 aliphatic heterocycles. The molecule has 0 fully saturated rings. The number of benzene rings is 1. The number of nitrogens with zero attached hydrogens (tertiary/aromatic N) is 1. The Bertz CT molecular complexity index is 740.